The number of anilines is 1. The molecule has 3 aromatic rings. The summed E-state index contributed by atoms with van der Waals surface area (Å²) < 4.78 is 6.32. The number of hydrogen-bond donors (Lipinski definition) is 1. The van der Waals surface area contributed by atoms with Crippen LogP contribution < -0.4 is 10.9 Å². The highest BCUT2D eigenvalue weighted by Crippen LogP contribution is 2.20. The van der Waals surface area contributed by atoms with Crippen LogP contribution in [0.25, 0.3) is 10.9 Å². The van der Waals surface area contributed by atoms with Crippen molar-refractivity contribution >= 4 is 16.6 Å². The maximum atomic E-state index is 11.9. The first-order valence-corrected chi connectivity index (χ1v) is 6.33. The average molecular weight is 270 g/mol. The molecule has 0 fully saturated rings. The summed E-state index contributed by atoms with van der Waals surface area (Å²) >= 11 is 0. The van der Waals surface area contributed by atoms with E-state index in [1.54, 1.807) is 17.7 Å². The van der Waals surface area contributed by atoms with E-state index in [1.165, 1.54) is 6.39 Å². The van der Waals surface area contributed by atoms with Crippen LogP contribution in [0, 0.1) is 0 Å². The van der Waals surface area contributed by atoms with E-state index in [0.29, 0.717) is 18.8 Å². The summed E-state index contributed by atoms with van der Waals surface area (Å²) in [6.07, 6.45) is 1.95. The number of aromatic nitrogens is 3. The zero-order valence-corrected chi connectivity index (χ0v) is 11.0. The van der Waals surface area contributed by atoms with Crippen LogP contribution in [-0.4, -0.2) is 21.3 Å². The Kier molecular flexibility index (Phi) is 3.20. The SMILES string of the molecule is Cn1c(=O)cc(NCCc2ncon2)c2ccccc21. The minimum Gasteiger partial charge on any atom is -0.384 e. The van der Waals surface area contributed by atoms with Crippen molar-refractivity contribution in [2.75, 3.05) is 11.9 Å². The van der Waals surface area contributed by atoms with Crippen LogP contribution in [0.5, 0.6) is 0 Å². The van der Waals surface area contributed by atoms with Crippen LogP contribution in [0.3, 0.4) is 0 Å². The van der Waals surface area contributed by atoms with E-state index >= 15 is 0 Å². The van der Waals surface area contributed by atoms with E-state index in [1.807, 2.05) is 24.3 Å². The van der Waals surface area contributed by atoms with Gasteiger partial charge in [0.1, 0.15) is 0 Å². The van der Waals surface area contributed by atoms with Crippen LogP contribution >= 0.6 is 0 Å². The number of benzene rings is 1. The number of para-hydroxylation sites is 1. The van der Waals surface area contributed by atoms with Crippen molar-refractivity contribution < 1.29 is 4.52 Å². The third kappa shape index (κ3) is 2.27. The normalized spacial score (nSPS) is 10.8. The minimum atomic E-state index is -0.0363. The maximum Gasteiger partial charge on any atom is 0.252 e. The molecule has 102 valence electrons. The largest absolute Gasteiger partial charge is 0.384 e. The highest BCUT2D eigenvalue weighted by Gasteiger charge is 2.06. The number of nitrogens with zero attached hydrogens (tertiary/aromatic N) is 3. The standard InChI is InChI=1S/C14H14N4O2/c1-18-12-5-3-2-4-10(12)11(8-14(18)19)15-7-6-13-16-9-20-17-13/h2-5,8-9,15H,6-7H2,1H3. The molecule has 6 nitrogen and oxygen atoms in total. The molecular weight excluding hydrogens is 256 g/mol. The zero-order valence-electron chi connectivity index (χ0n) is 11.0. The third-order valence-electron chi connectivity index (χ3n) is 3.22. The van der Waals surface area contributed by atoms with Gasteiger partial charge in [-0.05, 0) is 6.07 Å². The molecule has 20 heavy (non-hydrogen) atoms. The highest BCUT2D eigenvalue weighted by molar-refractivity contribution is 5.91. The predicted molar refractivity (Wildman–Crippen MR) is 75.7 cm³/mol. The number of rotatable bonds is 4. The third-order valence-corrected chi connectivity index (χ3v) is 3.22. The molecular formula is C14H14N4O2. The first-order valence-electron chi connectivity index (χ1n) is 6.33. The number of fused-ring (bicyclic) bond motifs is 1. The van der Waals surface area contributed by atoms with Crippen LogP contribution in [0.4, 0.5) is 5.69 Å². The molecule has 1 aromatic carbocycles. The second kappa shape index (κ2) is 5.16. The lowest BCUT2D eigenvalue weighted by molar-refractivity contribution is 0.410. The van der Waals surface area contributed by atoms with Gasteiger partial charge in [0.2, 0.25) is 6.39 Å². The molecule has 0 radical (unpaired) electrons. The molecule has 0 atom stereocenters. The van der Waals surface area contributed by atoms with E-state index in [4.69, 9.17) is 0 Å². The summed E-state index contributed by atoms with van der Waals surface area (Å²) in [5, 5.41) is 8.02. The maximum absolute atomic E-state index is 11.9. The van der Waals surface area contributed by atoms with Gasteiger partial charge in [0.15, 0.2) is 5.82 Å². The molecule has 6 heteroatoms. The Hall–Kier alpha value is -2.63. The molecule has 0 unspecified atom stereocenters. The van der Waals surface area contributed by atoms with Crippen LogP contribution in [0.2, 0.25) is 0 Å². The molecule has 3 rings (SSSR count). The average Bonchev–Trinajstić information content (AvgIpc) is 2.97. The first kappa shape index (κ1) is 12.4. The number of nitrogens with one attached hydrogen (secondary N) is 1. The smallest absolute Gasteiger partial charge is 0.252 e. The van der Waals surface area contributed by atoms with Gasteiger partial charge >= 0.3 is 0 Å². The van der Waals surface area contributed by atoms with Gasteiger partial charge in [0, 0.05) is 37.2 Å². The molecule has 0 aliphatic carbocycles. The van der Waals surface area contributed by atoms with E-state index in [0.717, 1.165) is 16.6 Å². The Morgan fingerprint density at radius 3 is 3.00 bits per heavy atom. The molecule has 0 saturated carbocycles. The van der Waals surface area contributed by atoms with Crippen molar-refractivity contribution in [3.8, 4) is 0 Å². The molecule has 0 aliphatic rings. The molecule has 0 spiro atoms. The second-order valence-electron chi connectivity index (χ2n) is 4.50. The van der Waals surface area contributed by atoms with Crippen molar-refractivity contribution in [2.45, 2.75) is 6.42 Å². The summed E-state index contributed by atoms with van der Waals surface area (Å²) in [5.74, 6) is 0.644. The van der Waals surface area contributed by atoms with Crippen LogP contribution in [-0.2, 0) is 13.5 Å². The summed E-state index contributed by atoms with van der Waals surface area (Å²) in [6, 6.07) is 9.41. The van der Waals surface area contributed by atoms with Gasteiger partial charge in [0.25, 0.3) is 5.56 Å². The molecule has 2 aromatic heterocycles. The lowest BCUT2D eigenvalue weighted by Crippen LogP contribution is -2.18. The molecule has 0 aliphatic heterocycles. The van der Waals surface area contributed by atoms with Gasteiger partial charge in [-0.2, -0.15) is 4.98 Å². The fraction of sp³-hybridized carbons (Fsp3) is 0.214. The van der Waals surface area contributed by atoms with Gasteiger partial charge in [-0.25, -0.2) is 0 Å². The van der Waals surface area contributed by atoms with Gasteiger partial charge < -0.3 is 14.4 Å². The second-order valence-corrected chi connectivity index (χ2v) is 4.50. The summed E-state index contributed by atoms with van der Waals surface area (Å²) in [7, 11) is 1.77. The Bertz CT molecular complexity index is 777. The summed E-state index contributed by atoms with van der Waals surface area (Å²) in [6.45, 7) is 0.636. The van der Waals surface area contributed by atoms with Crippen molar-refractivity contribution in [3.63, 3.8) is 0 Å². The van der Waals surface area contributed by atoms with E-state index < -0.39 is 0 Å². The van der Waals surface area contributed by atoms with Crippen molar-refractivity contribution in [2.24, 2.45) is 7.05 Å². The number of aryl methyl sites for hydroxylation is 1. The van der Waals surface area contributed by atoms with Crippen molar-refractivity contribution in [3.05, 3.63) is 52.9 Å². The molecule has 0 bridgehead atoms. The van der Waals surface area contributed by atoms with Crippen molar-refractivity contribution in [1.82, 2.24) is 14.7 Å². The molecule has 1 N–H and O–H groups in total. The Labute approximate surface area is 115 Å². The fourth-order valence-corrected chi connectivity index (χ4v) is 2.17. The van der Waals surface area contributed by atoms with Crippen LogP contribution in [0.15, 0.2) is 46.0 Å². The van der Waals surface area contributed by atoms with Gasteiger partial charge in [-0.15, -0.1) is 0 Å². The summed E-state index contributed by atoms with van der Waals surface area (Å²) in [5.41, 5.74) is 1.69. The monoisotopic (exact) mass is 270 g/mol. The topological polar surface area (TPSA) is 73.0 Å². The Morgan fingerprint density at radius 1 is 1.35 bits per heavy atom. The van der Waals surface area contributed by atoms with E-state index in [9.17, 15) is 4.79 Å². The number of hydrogen-bond acceptors (Lipinski definition) is 5. The van der Waals surface area contributed by atoms with Gasteiger partial charge in [-0.3, -0.25) is 4.79 Å². The van der Waals surface area contributed by atoms with E-state index in [2.05, 4.69) is 20.0 Å². The lowest BCUT2D eigenvalue weighted by atomic mass is 10.1. The van der Waals surface area contributed by atoms with Gasteiger partial charge in [-0.1, -0.05) is 23.4 Å². The first-order chi connectivity index (χ1) is 9.75. The Balaban J connectivity index is 1.87. The zero-order chi connectivity index (χ0) is 13.9. The molecule has 0 amide bonds. The molecule has 2 heterocycles. The Morgan fingerprint density at radius 2 is 2.20 bits per heavy atom. The summed E-state index contributed by atoms with van der Waals surface area (Å²) in [4.78, 5) is 15.9. The van der Waals surface area contributed by atoms with E-state index in [-0.39, 0.29) is 5.56 Å². The van der Waals surface area contributed by atoms with Crippen LogP contribution in [0.1, 0.15) is 5.82 Å². The highest BCUT2D eigenvalue weighted by atomic mass is 16.5. The quantitative estimate of drug-likeness (QED) is 0.779. The van der Waals surface area contributed by atoms with Gasteiger partial charge in [0.05, 0.1) is 5.52 Å². The lowest BCUT2D eigenvalue weighted by Gasteiger charge is -2.11. The fourth-order valence-electron chi connectivity index (χ4n) is 2.17. The van der Waals surface area contributed by atoms with Crippen molar-refractivity contribution in [1.29, 1.82) is 0 Å². The minimum absolute atomic E-state index is 0.0363. The predicted octanol–water partition coefficient (Wildman–Crippen LogP) is 1.58. The number of pyridine rings is 1. The molecule has 0 saturated heterocycles.